The van der Waals surface area contributed by atoms with Crippen LogP contribution < -0.4 is 5.32 Å². The molecule has 0 atom stereocenters. The monoisotopic (exact) mass is 320 g/mol. The Labute approximate surface area is 114 Å². The molecular weight excluding hydrogens is 298 g/mol. The van der Waals surface area contributed by atoms with Crippen molar-refractivity contribution in [3.05, 3.63) is 0 Å². The molecule has 0 aromatic carbocycles. The van der Waals surface area contributed by atoms with Gasteiger partial charge in [-0.2, -0.15) is 0 Å². The van der Waals surface area contributed by atoms with Crippen molar-refractivity contribution in [1.82, 2.24) is 10.2 Å². The summed E-state index contributed by atoms with van der Waals surface area (Å²) in [5.74, 6) is 0. The number of amides is 2. The van der Waals surface area contributed by atoms with E-state index in [0.717, 1.165) is 25.9 Å². The van der Waals surface area contributed by atoms with Gasteiger partial charge in [0.15, 0.2) is 0 Å². The van der Waals surface area contributed by atoms with Crippen molar-refractivity contribution in [3.63, 3.8) is 0 Å². The Hall–Kier alpha value is -0.690. The molecule has 5 N–H and O–H groups in total. The average Bonchev–Trinajstić information content (AvgIpc) is 2.24. The Kier molecular flexibility index (Phi) is 21.3. The van der Waals surface area contributed by atoms with Crippen LogP contribution in [0.5, 0.6) is 0 Å². The van der Waals surface area contributed by atoms with E-state index in [-0.39, 0.29) is 6.03 Å². The van der Waals surface area contributed by atoms with Crippen LogP contribution in [0.2, 0.25) is 0 Å². The third-order valence-corrected chi connectivity index (χ3v) is 1.43. The Morgan fingerprint density at radius 1 is 1.05 bits per heavy atom. The van der Waals surface area contributed by atoms with Gasteiger partial charge in [0.2, 0.25) is 0 Å². The highest BCUT2D eigenvalue weighted by molar-refractivity contribution is 7.31. The Morgan fingerprint density at radius 2 is 1.42 bits per heavy atom. The molecule has 0 bridgehead atoms. The van der Waals surface area contributed by atoms with Crippen molar-refractivity contribution in [1.29, 1.82) is 0 Å². The molecule has 2 amide bonds. The highest BCUT2D eigenvalue weighted by Crippen LogP contribution is 1.98. The van der Waals surface area contributed by atoms with Crippen molar-refractivity contribution < 1.29 is 33.5 Å². The van der Waals surface area contributed by atoms with Crippen LogP contribution in [-0.4, -0.2) is 50.6 Å². The summed E-state index contributed by atoms with van der Waals surface area (Å²) in [7, 11) is -3.93. The fraction of sp³-hybridized carbons (Fsp3) is 0.875. The molecule has 11 heteroatoms. The molecule has 0 aromatic heterocycles. The summed E-state index contributed by atoms with van der Waals surface area (Å²) in [6.07, 6.45) is 2.00. The molecule has 9 nitrogen and oxygen atoms in total. The van der Waals surface area contributed by atoms with E-state index in [9.17, 15) is 4.79 Å². The lowest BCUT2D eigenvalue weighted by Crippen LogP contribution is -2.37. The lowest BCUT2D eigenvalue weighted by Gasteiger charge is -2.16. The number of nitrogens with zero attached hydrogens (tertiary/aromatic N) is 1. The number of rotatable bonds is 4. The second-order valence-electron chi connectivity index (χ2n) is 3.16. The third-order valence-electron chi connectivity index (χ3n) is 1.43. The van der Waals surface area contributed by atoms with Gasteiger partial charge in [0, 0.05) is 29.3 Å². The van der Waals surface area contributed by atoms with Gasteiger partial charge < -0.3 is 10.2 Å². The van der Waals surface area contributed by atoms with E-state index < -0.39 is 16.5 Å². The van der Waals surface area contributed by atoms with Gasteiger partial charge in [0.05, 0.1) is 0 Å². The second-order valence-corrected chi connectivity index (χ2v) is 4.17. The lowest BCUT2D eigenvalue weighted by atomic mass is 10.4. The molecule has 0 saturated heterocycles. The fourth-order valence-electron chi connectivity index (χ4n) is 0.804. The van der Waals surface area contributed by atoms with Crippen molar-refractivity contribution in [3.8, 4) is 0 Å². The number of carbonyl (C=O) groups excluding carboxylic acids is 1. The maximum atomic E-state index is 11.1. The van der Waals surface area contributed by atoms with Crippen molar-refractivity contribution in [2.45, 2.75) is 26.7 Å². The van der Waals surface area contributed by atoms with Gasteiger partial charge in [0.1, 0.15) is 0 Å². The van der Waals surface area contributed by atoms with Crippen LogP contribution in [0.4, 0.5) is 4.79 Å². The van der Waals surface area contributed by atoms with Gasteiger partial charge in [-0.15, -0.1) is 19.6 Å². The minimum atomic E-state index is -2.87. The number of carbonyl (C=O) groups is 1. The highest BCUT2D eigenvalue weighted by Gasteiger charge is 2.03. The van der Waals surface area contributed by atoms with Gasteiger partial charge in [0.25, 0.3) is 0 Å². The number of urea groups is 1. The van der Waals surface area contributed by atoms with Crippen LogP contribution in [0.1, 0.15) is 26.7 Å². The molecule has 0 heterocycles. The summed E-state index contributed by atoms with van der Waals surface area (Å²) in [5, 5.41) is 2.80. The summed E-state index contributed by atoms with van der Waals surface area (Å²) in [4.78, 5) is 41.3. The van der Waals surface area contributed by atoms with Crippen LogP contribution in [0.15, 0.2) is 0 Å². The smallest absolute Gasteiger partial charge is 0.338 e. The SMILES string of the molecule is CCCNC(=O)N(C)CCC.O=[P+](O)O.O=[P+](O)O. The molecule has 0 rings (SSSR count). The normalized spacial score (nSPS) is 8.16. The molecule has 0 aromatic rings. The van der Waals surface area contributed by atoms with E-state index in [1.165, 1.54) is 0 Å². The maximum Gasteiger partial charge on any atom is 0.692 e. The van der Waals surface area contributed by atoms with Crippen LogP contribution >= 0.6 is 16.5 Å². The van der Waals surface area contributed by atoms with E-state index in [4.69, 9.17) is 28.7 Å². The van der Waals surface area contributed by atoms with E-state index in [0.29, 0.717) is 0 Å². The van der Waals surface area contributed by atoms with E-state index in [1.54, 1.807) is 4.90 Å². The predicted molar refractivity (Wildman–Crippen MR) is 70.7 cm³/mol. The van der Waals surface area contributed by atoms with Gasteiger partial charge in [-0.05, 0) is 12.8 Å². The van der Waals surface area contributed by atoms with Crippen LogP contribution in [0.25, 0.3) is 0 Å². The largest absolute Gasteiger partial charge is 0.692 e. The van der Waals surface area contributed by atoms with Crippen LogP contribution in [-0.2, 0) is 9.13 Å². The number of hydrogen-bond donors (Lipinski definition) is 5. The molecule has 0 aliphatic carbocycles. The molecule has 19 heavy (non-hydrogen) atoms. The van der Waals surface area contributed by atoms with E-state index in [1.807, 2.05) is 14.0 Å². The summed E-state index contributed by atoms with van der Waals surface area (Å²) < 4.78 is 17.4. The number of nitrogens with one attached hydrogen (secondary N) is 1. The topological polar surface area (TPSA) is 147 Å². The van der Waals surface area contributed by atoms with E-state index in [2.05, 4.69) is 12.2 Å². The van der Waals surface area contributed by atoms with Gasteiger partial charge in [-0.25, -0.2) is 4.79 Å². The quantitative estimate of drug-likeness (QED) is 0.479. The molecule has 0 fully saturated rings. The molecule has 114 valence electrons. The molecular formula is C8H22N2O7P2+2. The third kappa shape index (κ3) is 38.2. The van der Waals surface area contributed by atoms with E-state index >= 15 is 0 Å². The van der Waals surface area contributed by atoms with Gasteiger partial charge in [-0.1, -0.05) is 13.8 Å². The van der Waals surface area contributed by atoms with Crippen molar-refractivity contribution >= 4 is 22.5 Å². The summed E-state index contributed by atoms with van der Waals surface area (Å²) in [6.45, 7) is 5.70. The fourth-order valence-corrected chi connectivity index (χ4v) is 0.804. The average molecular weight is 320 g/mol. The maximum absolute atomic E-state index is 11.1. The summed E-state index contributed by atoms with van der Waals surface area (Å²) in [5.41, 5.74) is 0. The first-order valence-corrected chi connectivity index (χ1v) is 7.70. The first-order chi connectivity index (χ1) is 8.68. The molecule has 0 spiro atoms. The van der Waals surface area contributed by atoms with Gasteiger partial charge >= 0.3 is 22.5 Å². The molecule has 0 aliphatic rings. The second kappa shape index (κ2) is 17.3. The molecule has 0 aliphatic heterocycles. The van der Waals surface area contributed by atoms with Crippen LogP contribution in [0.3, 0.4) is 0 Å². The predicted octanol–water partition coefficient (Wildman–Crippen LogP) is 0.705. The highest BCUT2D eigenvalue weighted by atomic mass is 31.1. The van der Waals surface area contributed by atoms with Crippen LogP contribution in [0, 0.1) is 0 Å². The molecule has 0 radical (unpaired) electrons. The minimum Gasteiger partial charge on any atom is -0.338 e. The number of hydrogen-bond acceptors (Lipinski definition) is 3. The standard InChI is InChI=1S/C8H18N2O.2HO3P/c1-4-6-9-8(11)10(3)7-5-2;2*1-4(2)3/h4-7H2,1-3H3,(H,9,11);2*(H-,1,2,3)/p+2. The minimum absolute atomic E-state index is 0.0358. The van der Waals surface area contributed by atoms with Crippen molar-refractivity contribution in [2.24, 2.45) is 0 Å². The Balaban J connectivity index is -0.000000264. The zero-order valence-corrected chi connectivity index (χ0v) is 13.0. The Morgan fingerprint density at radius 3 is 1.68 bits per heavy atom. The summed E-state index contributed by atoms with van der Waals surface area (Å²) in [6, 6.07) is 0.0358. The summed E-state index contributed by atoms with van der Waals surface area (Å²) >= 11 is 0. The first-order valence-electron chi connectivity index (χ1n) is 5.37. The molecule has 0 saturated carbocycles. The lowest BCUT2D eigenvalue weighted by molar-refractivity contribution is 0.209. The molecule has 0 unspecified atom stereocenters. The zero-order valence-electron chi connectivity index (χ0n) is 11.2. The zero-order chi connectivity index (χ0) is 15.8. The Bertz CT molecular complexity index is 245. The van der Waals surface area contributed by atoms with Gasteiger partial charge in [-0.3, -0.25) is 0 Å². The van der Waals surface area contributed by atoms with Crippen molar-refractivity contribution in [2.75, 3.05) is 20.1 Å². The first kappa shape index (κ1) is 23.4.